The van der Waals surface area contributed by atoms with Crippen LogP contribution in [-0.4, -0.2) is 32.5 Å². The number of pyridine rings is 1. The molecule has 4 heteroatoms. The predicted octanol–water partition coefficient (Wildman–Crippen LogP) is 4.21. The van der Waals surface area contributed by atoms with Crippen molar-refractivity contribution in [2.24, 2.45) is 0 Å². The molecule has 1 atom stereocenters. The molecule has 3 heterocycles. The fourth-order valence-electron chi connectivity index (χ4n) is 3.89. The van der Waals surface area contributed by atoms with Gasteiger partial charge in [0.2, 0.25) is 0 Å². The van der Waals surface area contributed by atoms with Crippen LogP contribution in [0.2, 0.25) is 0 Å². The molecule has 3 aromatic rings. The standard InChI is InChI=1S/C22H26N4/c1-2-21-23-13-15-26(21)22-12-6-11-20(24-22)19-10-7-14-25(17-19)16-18-8-4-3-5-9-18/h3-6,8-9,11-13,15,19H,2,7,10,14,16-17H2,1H3/t19-/m1/s1. The molecule has 0 saturated carbocycles. The van der Waals surface area contributed by atoms with Crippen molar-refractivity contribution in [1.29, 1.82) is 0 Å². The van der Waals surface area contributed by atoms with E-state index in [-0.39, 0.29) is 0 Å². The zero-order chi connectivity index (χ0) is 17.8. The first-order chi connectivity index (χ1) is 12.8. The van der Waals surface area contributed by atoms with Crippen LogP contribution in [0.25, 0.3) is 5.82 Å². The number of benzene rings is 1. The van der Waals surface area contributed by atoms with Gasteiger partial charge >= 0.3 is 0 Å². The number of rotatable bonds is 5. The Morgan fingerprint density at radius 2 is 1.96 bits per heavy atom. The van der Waals surface area contributed by atoms with E-state index in [0.717, 1.165) is 31.2 Å². The van der Waals surface area contributed by atoms with Crippen LogP contribution in [0, 0.1) is 0 Å². The highest BCUT2D eigenvalue weighted by atomic mass is 15.1. The van der Waals surface area contributed by atoms with Crippen molar-refractivity contribution in [2.75, 3.05) is 13.1 Å². The van der Waals surface area contributed by atoms with E-state index in [0.29, 0.717) is 5.92 Å². The summed E-state index contributed by atoms with van der Waals surface area (Å²) in [6.45, 7) is 5.41. The molecule has 26 heavy (non-hydrogen) atoms. The molecule has 2 aromatic heterocycles. The largest absolute Gasteiger partial charge is 0.298 e. The van der Waals surface area contributed by atoms with E-state index in [1.807, 2.05) is 12.4 Å². The van der Waals surface area contributed by atoms with Crippen LogP contribution in [0.3, 0.4) is 0 Å². The normalized spacial score (nSPS) is 18.1. The van der Waals surface area contributed by atoms with Gasteiger partial charge < -0.3 is 0 Å². The third kappa shape index (κ3) is 3.70. The highest BCUT2D eigenvalue weighted by Gasteiger charge is 2.22. The fraction of sp³-hybridized carbons (Fsp3) is 0.364. The summed E-state index contributed by atoms with van der Waals surface area (Å²) in [6.07, 6.45) is 7.22. The molecule has 1 aliphatic heterocycles. The smallest absolute Gasteiger partial charge is 0.138 e. The number of likely N-dealkylation sites (tertiary alicyclic amines) is 1. The van der Waals surface area contributed by atoms with Gasteiger partial charge in [0.25, 0.3) is 0 Å². The molecular formula is C22H26N4. The molecule has 0 spiro atoms. The van der Waals surface area contributed by atoms with Crippen LogP contribution in [0.4, 0.5) is 0 Å². The van der Waals surface area contributed by atoms with Crippen molar-refractivity contribution in [3.63, 3.8) is 0 Å². The Hall–Kier alpha value is -2.46. The summed E-state index contributed by atoms with van der Waals surface area (Å²) >= 11 is 0. The lowest BCUT2D eigenvalue weighted by molar-refractivity contribution is 0.198. The van der Waals surface area contributed by atoms with Gasteiger partial charge in [-0.1, -0.05) is 43.3 Å². The minimum Gasteiger partial charge on any atom is -0.298 e. The molecule has 1 aliphatic rings. The molecule has 134 valence electrons. The molecule has 0 aliphatic carbocycles. The van der Waals surface area contributed by atoms with Crippen molar-refractivity contribution < 1.29 is 0 Å². The number of hydrogen-bond acceptors (Lipinski definition) is 3. The molecule has 0 radical (unpaired) electrons. The zero-order valence-electron chi connectivity index (χ0n) is 15.4. The van der Waals surface area contributed by atoms with Gasteiger partial charge in [0.15, 0.2) is 0 Å². The summed E-state index contributed by atoms with van der Waals surface area (Å²) in [6, 6.07) is 17.2. The van der Waals surface area contributed by atoms with E-state index in [2.05, 4.69) is 69.9 Å². The third-order valence-electron chi connectivity index (χ3n) is 5.21. The van der Waals surface area contributed by atoms with E-state index in [1.54, 1.807) is 0 Å². The number of imidazole rings is 1. The third-order valence-corrected chi connectivity index (χ3v) is 5.21. The van der Waals surface area contributed by atoms with Gasteiger partial charge in [-0.2, -0.15) is 0 Å². The SMILES string of the molecule is CCc1nccn1-c1cccc([C@@H]2CCCN(Cc3ccccc3)C2)n1. The summed E-state index contributed by atoms with van der Waals surface area (Å²) < 4.78 is 2.11. The van der Waals surface area contributed by atoms with Crippen LogP contribution in [0.15, 0.2) is 60.9 Å². The lowest BCUT2D eigenvalue weighted by Crippen LogP contribution is -2.34. The topological polar surface area (TPSA) is 34.0 Å². The van der Waals surface area contributed by atoms with Crippen LogP contribution in [0.5, 0.6) is 0 Å². The van der Waals surface area contributed by atoms with Gasteiger partial charge in [0.1, 0.15) is 11.6 Å². The molecule has 1 fully saturated rings. The first kappa shape index (κ1) is 17.0. The summed E-state index contributed by atoms with van der Waals surface area (Å²) in [7, 11) is 0. The summed E-state index contributed by atoms with van der Waals surface area (Å²) in [5.74, 6) is 2.54. The van der Waals surface area contributed by atoms with Crippen molar-refractivity contribution >= 4 is 0 Å². The van der Waals surface area contributed by atoms with Crippen molar-refractivity contribution in [3.05, 3.63) is 78.0 Å². The first-order valence-electron chi connectivity index (χ1n) is 9.59. The number of hydrogen-bond donors (Lipinski definition) is 0. The molecular weight excluding hydrogens is 320 g/mol. The van der Waals surface area contributed by atoms with Crippen LogP contribution in [0.1, 0.15) is 42.8 Å². The Morgan fingerprint density at radius 3 is 2.81 bits per heavy atom. The minimum absolute atomic E-state index is 0.501. The highest BCUT2D eigenvalue weighted by molar-refractivity contribution is 5.28. The molecule has 4 nitrogen and oxygen atoms in total. The van der Waals surface area contributed by atoms with E-state index < -0.39 is 0 Å². The predicted molar refractivity (Wildman–Crippen MR) is 104 cm³/mol. The summed E-state index contributed by atoms with van der Waals surface area (Å²) in [5, 5.41) is 0. The Kier molecular flexibility index (Phi) is 5.12. The second-order valence-corrected chi connectivity index (χ2v) is 7.05. The number of aromatic nitrogens is 3. The molecule has 0 amide bonds. The molecule has 1 aromatic carbocycles. The molecule has 0 unspecified atom stereocenters. The molecule has 1 saturated heterocycles. The van der Waals surface area contributed by atoms with Crippen LogP contribution in [-0.2, 0) is 13.0 Å². The Morgan fingerprint density at radius 1 is 1.08 bits per heavy atom. The summed E-state index contributed by atoms with van der Waals surface area (Å²) in [5.41, 5.74) is 2.59. The average Bonchev–Trinajstić information content (AvgIpc) is 3.18. The molecule has 0 N–H and O–H groups in total. The highest BCUT2D eigenvalue weighted by Crippen LogP contribution is 2.27. The van der Waals surface area contributed by atoms with Gasteiger partial charge in [0, 0.05) is 43.5 Å². The summed E-state index contributed by atoms with van der Waals surface area (Å²) in [4.78, 5) is 12.0. The van der Waals surface area contributed by atoms with Crippen LogP contribution >= 0.6 is 0 Å². The fourth-order valence-corrected chi connectivity index (χ4v) is 3.89. The first-order valence-corrected chi connectivity index (χ1v) is 9.59. The number of nitrogens with zero attached hydrogens (tertiary/aromatic N) is 4. The van der Waals surface area contributed by atoms with Gasteiger partial charge in [-0.3, -0.25) is 9.47 Å². The molecule has 4 rings (SSSR count). The minimum atomic E-state index is 0.501. The van der Waals surface area contributed by atoms with Crippen molar-refractivity contribution in [1.82, 2.24) is 19.4 Å². The Bertz CT molecular complexity index is 840. The van der Waals surface area contributed by atoms with Gasteiger partial charge in [0.05, 0.1) is 0 Å². The van der Waals surface area contributed by atoms with Gasteiger partial charge in [-0.15, -0.1) is 0 Å². The maximum atomic E-state index is 4.99. The van der Waals surface area contributed by atoms with Crippen LogP contribution < -0.4 is 0 Å². The maximum absolute atomic E-state index is 4.99. The van der Waals surface area contributed by atoms with Gasteiger partial charge in [-0.25, -0.2) is 9.97 Å². The Balaban J connectivity index is 1.51. The van der Waals surface area contributed by atoms with E-state index >= 15 is 0 Å². The zero-order valence-corrected chi connectivity index (χ0v) is 15.4. The van der Waals surface area contributed by atoms with E-state index in [4.69, 9.17) is 4.98 Å². The van der Waals surface area contributed by atoms with E-state index in [1.165, 1.54) is 30.6 Å². The Labute approximate surface area is 155 Å². The molecule has 0 bridgehead atoms. The second-order valence-electron chi connectivity index (χ2n) is 7.05. The van der Waals surface area contributed by atoms with Crippen molar-refractivity contribution in [3.8, 4) is 5.82 Å². The quantitative estimate of drug-likeness (QED) is 0.694. The van der Waals surface area contributed by atoms with E-state index in [9.17, 15) is 0 Å². The second kappa shape index (κ2) is 7.83. The number of piperidine rings is 1. The average molecular weight is 346 g/mol. The monoisotopic (exact) mass is 346 g/mol. The lowest BCUT2D eigenvalue weighted by atomic mass is 9.94. The van der Waals surface area contributed by atoms with Crippen molar-refractivity contribution in [2.45, 2.75) is 38.6 Å². The van der Waals surface area contributed by atoms with Gasteiger partial charge in [-0.05, 0) is 37.1 Å². The lowest BCUT2D eigenvalue weighted by Gasteiger charge is -2.32. The number of aryl methyl sites for hydroxylation is 1. The maximum Gasteiger partial charge on any atom is 0.138 e.